The van der Waals surface area contributed by atoms with Crippen molar-refractivity contribution in [1.82, 2.24) is 0 Å². The molecule has 5 heteroatoms. The zero-order valence-electron chi connectivity index (χ0n) is 13.4. The van der Waals surface area contributed by atoms with Gasteiger partial charge in [0, 0.05) is 18.2 Å². The lowest BCUT2D eigenvalue weighted by Crippen LogP contribution is -2.42. The van der Waals surface area contributed by atoms with Crippen molar-refractivity contribution in [1.29, 1.82) is 0 Å². The van der Waals surface area contributed by atoms with Gasteiger partial charge in [0.1, 0.15) is 11.9 Å². The van der Waals surface area contributed by atoms with Crippen LogP contribution in [0.2, 0.25) is 0 Å². The Labute approximate surface area is 126 Å². The molecule has 118 valence electrons. The van der Waals surface area contributed by atoms with Gasteiger partial charge in [-0.25, -0.2) is 0 Å². The third-order valence-corrected chi connectivity index (χ3v) is 4.30. The summed E-state index contributed by atoms with van der Waals surface area (Å²) in [4.78, 5) is 0. The summed E-state index contributed by atoms with van der Waals surface area (Å²) in [5.74, 6) is 2.40. The molecule has 0 saturated heterocycles. The van der Waals surface area contributed by atoms with E-state index in [9.17, 15) is 0 Å². The molecule has 1 saturated carbocycles. The van der Waals surface area contributed by atoms with Gasteiger partial charge in [0.15, 0.2) is 11.5 Å². The first-order valence-corrected chi connectivity index (χ1v) is 7.15. The molecule has 2 atom stereocenters. The van der Waals surface area contributed by atoms with Crippen LogP contribution < -0.4 is 24.7 Å². The van der Waals surface area contributed by atoms with Gasteiger partial charge in [0.25, 0.3) is 0 Å². The molecule has 0 heterocycles. The minimum absolute atomic E-state index is 0.00260. The van der Waals surface area contributed by atoms with Crippen molar-refractivity contribution in [2.45, 2.75) is 38.8 Å². The van der Waals surface area contributed by atoms with Gasteiger partial charge in [-0.1, -0.05) is 13.8 Å². The normalized spacial score (nSPS) is 23.7. The van der Waals surface area contributed by atoms with Gasteiger partial charge < -0.3 is 24.7 Å². The predicted octanol–water partition coefficient (Wildman–Crippen LogP) is 2.61. The summed E-state index contributed by atoms with van der Waals surface area (Å²) in [5.41, 5.74) is 6.39. The standard InChI is InChI=1S/C16H25NO4/c1-16(2)7-6-11(15(16)17)21-10-8-12(18-3)14(20-5)13(9-10)19-4/h8-9,11,15H,6-7,17H2,1-5H3. The lowest BCUT2D eigenvalue weighted by Gasteiger charge is -2.27. The van der Waals surface area contributed by atoms with Crippen molar-refractivity contribution in [3.8, 4) is 23.0 Å². The molecule has 1 aromatic rings. The van der Waals surface area contributed by atoms with Gasteiger partial charge in [-0.3, -0.25) is 0 Å². The van der Waals surface area contributed by atoms with Crippen LogP contribution in [0.5, 0.6) is 23.0 Å². The molecule has 2 rings (SSSR count). The first-order chi connectivity index (χ1) is 9.92. The Morgan fingerprint density at radius 1 is 1.05 bits per heavy atom. The van der Waals surface area contributed by atoms with Crippen LogP contribution in [0.4, 0.5) is 0 Å². The highest BCUT2D eigenvalue weighted by Gasteiger charge is 2.41. The molecule has 0 bridgehead atoms. The Hall–Kier alpha value is -1.62. The Bertz CT molecular complexity index is 476. The van der Waals surface area contributed by atoms with Crippen LogP contribution in [0.15, 0.2) is 12.1 Å². The van der Waals surface area contributed by atoms with E-state index in [0.717, 1.165) is 12.8 Å². The average molecular weight is 295 g/mol. The molecule has 1 aromatic carbocycles. The molecule has 0 radical (unpaired) electrons. The molecule has 0 aromatic heterocycles. The highest BCUT2D eigenvalue weighted by Crippen LogP contribution is 2.43. The van der Waals surface area contributed by atoms with Gasteiger partial charge in [0.2, 0.25) is 5.75 Å². The van der Waals surface area contributed by atoms with Gasteiger partial charge in [-0.15, -0.1) is 0 Å². The lowest BCUT2D eigenvalue weighted by molar-refractivity contribution is 0.163. The fourth-order valence-electron chi connectivity index (χ4n) is 2.80. The number of rotatable bonds is 5. The molecule has 1 aliphatic carbocycles. The Balaban J connectivity index is 2.25. The van der Waals surface area contributed by atoms with E-state index in [1.54, 1.807) is 33.5 Å². The number of hydrogen-bond donors (Lipinski definition) is 1. The summed E-state index contributed by atoms with van der Waals surface area (Å²) in [6, 6.07) is 3.62. The maximum atomic E-state index is 6.29. The third kappa shape index (κ3) is 3.02. The number of methoxy groups -OCH3 is 3. The van der Waals surface area contributed by atoms with E-state index < -0.39 is 0 Å². The molecule has 21 heavy (non-hydrogen) atoms. The van der Waals surface area contributed by atoms with Crippen LogP contribution in [0.25, 0.3) is 0 Å². The van der Waals surface area contributed by atoms with Crippen LogP contribution >= 0.6 is 0 Å². The molecule has 1 fully saturated rings. The van der Waals surface area contributed by atoms with Gasteiger partial charge >= 0.3 is 0 Å². The summed E-state index contributed by atoms with van der Waals surface area (Å²) in [6.07, 6.45) is 2.01. The Morgan fingerprint density at radius 3 is 2.00 bits per heavy atom. The highest BCUT2D eigenvalue weighted by molar-refractivity contribution is 5.55. The topological polar surface area (TPSA) is 62.9 Å². The minimum Gasteiger partial charge on any atom is -0.493 e. The highest BCUT2D eigenvalue weighted by atomic mass is 16.5. The number of benzene rings is 1. The van der Waals surface area contributed by atoms with E-state index in [2.05, 4.69) is 13.8 Å². The molecule has 2 N–H and O–H groups in total. The second-order valence-electron chi connectivity index (χ2n) is 6.07. The molecule has 1 aliphatic rings. The van der Waals surface area contributed by atoms with E-state index in [4.69, 9.17) is 24.7 Å². The maximum absolute atomic E-state index is 6.29. The second-order valence-corrected chi connectivity index (χ2v) is 6.07. The summed E-state index contributed by atoms with van der Waals surface area (Å²) in [6.45, 7) is 4.35. The van der Waals surface area contributed by atoms with Crippen LogP contribution in [0.1, 0.15) is 26.7 Å². The summed E-state index contributed by atoms with van der Waals surface area (Å²) < 4.78 is 22.0. The lowest BCUT2D eigenvalue weighted by atomic mass is 9.88. The second kappa shape index (κ2) is 6.02. The molecular weight excluding hydrogens is 270 g/mol. The first-order valence-electron chi connectivity index (χ1n) is 7.15. The van der Waals surface area contributed by atoms with Crippen molar-refractivity contribution in [2.24, 2.45) is 11.1 Å². The molecule has 0 spiro atoms. The largest absolute Gasteiger partial charge is 0.493 e. The fourth-order valence-corrected chi connectivity index (χ4v) is 2.80. The average Bonchev–Trinajstić information content (AvgIpc) is 2.73. The smallest absolute Gasteiger partial charge is 0.203 e. The molecule has 0 aliphatic heterocycles. The Kier molecular flexibility index (Phi) is 4.52. The van der Waals surface area contributed by atoms with Crippen molar-refractivity contribution in [2.75, 3.05) is 21.3 Å². The number of ether oxygens (including phenoxy) is 4. The number of nitrogens with two attached hydrogens (primary N) is 1. The van der Waals surface area contributed by atoms with Crippen LogP contribution in [-0.2, 0) is 0 Å². The predicted molar refractivity (Wildman–Crippen MR) is 81.5 cm³/mol. The first kappa shape index (κ1) is 15.8. The van der Waals surface area contributed by atoms with E-state index >= 15 is 0 Å². The SMILES string of the molecule is COc1cc(OC2CCC(C)(C)C2N)cc(OC)c1OC. The number of hydrogen-bond acceptors (Lipinski definition) is 5. The van der Waals surface area contributed by atoms with E-state index in [1.165, 1.54) is 0 Å². The van der Waals surface area contributed by atoms with E-state index in [1.807, 2.05) is 0 Å². The van der Waals surface area contributed by atoms with Crippen LogP contribution in [0.3, 0.4) is 0 Å². The van der Waals surface area contributed by atoms with Crippen molar-refractivity contribution < 1.29 is 18.9 Å². The quantitative estimate of drug-likeness (QED) is 0.904. The maximum Gasteiger partial charge on any atom is 0.203 e. The van der Waals surface area contributed by atoms with Crippen molar-refractivity contribution in [3.63, 3.8) is 0 Å². The zero-order valence-corrected chi connectivity index (χ0v) is 13.4. The van der Waals surface area contributed by atoms with Gasteiger partial charge in [0.05, 0.1) is 21.3 Å². The fraction of sp³-hybridized carbons (Fsp3) is 0.625. The van der Waals surface area contributed by atoms with Crippen LogP contribution in [-0.4, -0.2) is 33.5 Å². The molecule has 0 amide bonds. The van der Waals surface area contributed by atoms with E-state index in [0.29, 0.717) is 23.0 Å². The van der Waals surface area contributed by atoms with Crippen molar-refractivity contribution >= 4 is 0 Å². The van der Waals surface area contributed by atoms with E-state index in [-0.39, 0.29) is 17.6 Å². The van der Waals surface area contributed by atoms with Crippen molar-refractivity contribution in [3.05, 3.63) is 12.1 Å². The van der Waals surface area contributed by atoms with Gasteiger partial charge in [-0.05, 0) is 18.3 Å². The minimum atomic E-state index is 0.00260. The Morgan fingerprint density at radius 2 is 1.62 bits per heavy atom. The zero-order chi connectivity index (χ0) is 15.6. The molecule has 5 nitrogen and oxygen atoms in total. The summed E-state index contributed by atoms with van der Waals surface area (Å²) in [7, 11) is 4.76. The third-order valence-electron chi connectivity index (χ3n) is 4.30. The summed E-state index contributed by atoms with van der Waals surface area (Å²) >= 11 is 0. The molecular formula is C16H25NO4. The monoisotopic (exact) mass is 295 g/mol. The van der Waals surface area contributed by atoms with Gasteiger partial charge in [-0.2, -0.15) is 0 Å². The summed E-state index contributed by atoms with van der Waals surface area (Å²) in [5, 5.41) is 0. The molecule has 2 unspecified atom stereocenters. The van der Waals surface area contributed by atoms with Crippen LogP contribution in [0, 0.1) is 5.41 Å².